The summed E-state index contributed by atoms with van der Waals surface area (Å²) >= 11 is 3.07. The van der Waals surface area contributed by atoms with E-state index in [1.165, 1.54) is 19.2 Å². The lowest BCUT2D eigenvalue weighted by Crippen LogP contribution is -2.46. The van der Waals surface area contributed by atoms with Crippen molar-refractivity contribution in [1.29, 1.82) is 0 Å². The molecule has 0 aromatic heterocycles. The molecule has 0 saturated heterocycles. The normalized spacial score (nSPS) is 12.7. The van der Waals surface area contributed by atoms with Crippen molar-refractivity contribution in [2.24, 2.45) is 0 Å². The largest absolute Gasteiger partial charge is 0.383 e. The molecular weight excluding hydrogens is 325 g/mol. The molecule has 0 atom stereocenters. The molecule has 1 aromatic carbocycles. The van der Waals surface area contributed by atoms with Crippen LogP contribution in [0.5, 0.6) is 0 Å². The molecule has 1 N–H and O–H groups in total. The van der Waals surface area contributed by atoms with E-state index in [1.807, 2.05) is 0 Å². The van der Waals surface area contributed by atoms with Gasteiger partial charge in [0.1, 0.15) is 10.7 Å². The highest BCUT2D eigenvalue weighted by Crippen LogP contribution is 2.20. The predicted molar refractivity (Wildman–Crippen MR) is 70.4 cm³/mol. The zero-order valence-corrected chi connectivity index (χ0v) is 12.7. The predicted octanol–water partition coefficient (Wildman–Crippen LogP) is 2.29. The van der Waals surface area contributed by atoms with Crippen LogP contribution in [0.4, 0.5) is 4.39 Å². The van der Waals surface area contributed by atoms with Gasteiger partial charge in [0.25, 0.3) is 0 Å². The fourth-order valence-electron chi connectivity index (χ4n) is 1.50. The Hall–Kier alpha value is -0.500. The van der Waals surface area contributed by atoms with Crippen LogP contribution in [-0.4, -0.2) is 27.7 Å². The van der Waals surface area contributed by atoms with Crippen molar-refractivity contribution in [3.05, 3.63) is 28.5 Å². The molecule has 0 saturated carbocycles. The van der Waals surface area contributed by atoms with Crippen molar-refractivity contribution < 1.29 is 17.5 Å². The third kappa shape index (κ3) is 4.01. The zero-order valence-electron chi connectivity index (χ0n) is 10.3. The molecule has 0 spiro atoms. The van der Waals surface area contributed by atoms with Crippen molar-refractivity contribution in [3.8, 4) is 0 Å². The molecule has 7 heteroatoms. The maximum atomic E-state index is 13.6. The fraction of sp³-hybridized carbons (Fsp3) is 0.455. The summed E-state index contributed by atoms with van der Waals surface area (Å²) in [6, 6.07) is 3.80. The summed E-state index contributed by atoms with van der Waals surface area (Å²) < 4.78 is 45.5. The lowest BCUT2D eigenvalue weighted by Gasteiger charge is -2.25. The van der Waals surface area contributed by atoms with Gasteiger partial charge in [-0.3, -0.25) is 0 Å². The van der Waals surface area contributed by atoms with E-state index in [0.29, 0.717) is 4.47 Å². The summed E-state index contributed by atoms with van der Waals surface area (Å²) in [5.41, 5.74) is -0.812. The minimum Gasteiger partial charge on any atom is -0.383 e. The van der Waals surface area contributed by atoms with Gasteiger partial charge in [-0.15, -0.1) is 0 Å². The Kier molecular flexibility index (Phi) is 4.88. The van der Waals surface area contributed by atoms with Crippen molar-refractivity contribution in [2.75, 3.05) is 13.7 Å². The summed E-state index contributed by atoms with van der Waals surface area (Å²) in [6.07, 6.45) is 0. The Morgan fingerprint density at radius 3 is 2.56 bits per heavy atom. The molecule has 18 heavy (non-hydrogen) atoms. The number of methoxy groups -OCH3 is 1. The first-order valence-corrected chi connectivity index (χ1v) is 7.43. The molecule has 0 bridgehead atoms. The SMILES string of the molecule is COCC(C)(C)NS(=O)(=O)c1ccc(Br)cc1F. The number of rotatable bonds is 5. The number of sulfonamides is 1. The zero-order chi connectivity index (χ0) is 14.0. The van der Waals surface area contributed by atoms with Gasteiger partial charge in [-0.05, 0) is 32.0 Å². The summed E-state index contributed by atoms with van der Waals surface area (Å²) in [7, 11) is -2.44. The molecule has 102 valence electrons. The van der Waals surface area contributed by atoms with E-state index in [4.69, 9.17) is 4.74 Å². The van der Waals surface area contributed by atoms with E-state index in [1.54, 1.807) is 13.8 Å². The van der Waals surface area contributed by atoms with Crippen LogP contribution in [0.25, 0.3) is 0 Å². The molecule has 0 fully saturated rings. The van der Waals surface area contributed by atoms with Gasteiger partial charge in [0.2, 0.25) is 10.0 Å². The maximum Gasteiger partial charge on any atom is 0.244 e. The monoisotopic (exact) mass is 339 g/mol. The second-order valence-corrected chi connectivity index (χ2v) is 7.06. The van der Waals surface area contributed by atoms with Gasteiger partial charge in [-0.2, -0.15) is 0 Å². The molecule has 0 unspecified atom stereocenters. The van der Waals surface area contributed by atoms with Crippen LogP contribution in [0.2, 0.25) is 0 Å². The highest BCUT2D eigenvalue weighted by Gasteiger charge is 2.28. The first kappa shape index (κ1) is 15.6. The van der Waals surface area contributed by atoms with Crippen LogP contribution in [0.1, 0.15) is 13.8 Å². The maximum absolute atomic E-state index is 13.6. The molecule has 0 amide bonds. The number of halogens is 2. The van der Waals surface area contributed by atoms with E-state index >= 15 is 0 Å². The first-order chi connectivity index (χ1) is 8.18. The van der Waals surface area contributed by atoms with Crippen LogP contribution < -0.4 is 4.72 Å². The van der Waals surface area contributed by atoms with Gasteiger partial charge in [0.05, 0.1) is 12.1 Å². The number of hydrogen-bond donors (Lipinski definition) is 1. The van der Waals surface area contributed by atoms with Crippen LogP contribution in [0, 0.1) is 5.82 Å². The molecule has 0 radical (unpaired) electrons. The molecular formula is C11H15BrFNO3S. The van der Waals surface area contributed by atoms with Gasteiger partial charge in [-0.25, -0.2) is 17.5 Å². The van der Waals surface area contributed by atoms with Gasteiger partial charge < -0.3 is 4.74 Å². The van der Waals surface area contributed by atoms with Crippen LogP contribution in [-0.2, 0) is 14.8 Å². The van der Waals surface area contributed by atoms with E-state index in [2.05, 4.69) is 20.7 Å². The van der Waals surface area contributed by atoms with E-state index in [0.717, 1.165) is 6.07 Å². The Balaban J connectivity index is 3.07. The highest BCUT2D eigenvalue weighted by atomic mass is 79.9. The third-order valence-electron chi connectivity index (χ3n) is 2.10. The summed E-state index contributed by atoms with van der Waals surface area (Å²) in [5, 5.41) is 0. The number of nitrogens with one attached hydrogen (secondary N) is 1. The fourth-order valence-corrected chi connectivity index (χ4v) is 3.29. The smallest absolute Gasteiger partial charge is 0.244 e. The van der Waals surface area contributed by atoms with Gasteiger partial charge >= 0.3 is 0 Å². The average molecular weight is 340 g/mol. The van der Waals surface area contributed by atoms with Gasteiger partial charge in [0, 0.05) is 11.6 Å². The van der Waals surface area contributed by atoms with Crippen molar-refractivity contribution in [1.82, 2.24) is 4.72 Å². The second kappa shape index (κ2) is 5.64. The van der Waals surface area contributed by atoms with Gasteiger partial charge in [0.15, 0.2) is 0 Å². The standard InChI is InChI=1S/C11H15BrFNO3S/c1-11(2,7-17-3)14-18(15,16)10-5-4-8(12)6-9(10)13/h4-6,14H,7H2,1-3H3. The summed E-state index contributed by atoms with van der Waals surface area (Å²) in [4.78, 5) is -0.380. The number of ether oxygens (including phenoxy) is 1. The lowest BCUT2D eigenvalue weighted by atomic mass is 10.1. The van der Waals surface area contributed by atoms with Gasteiger partial charge in [-0.1, -0.05) is 15.9 Å². The van der Waals surface area contributed by atoms with E-state index in [9.17, 15) is 12.8 Å². The molecule has 1 rings (SSSR count). The van der Waals surface area contributed by atoms with Crippen LogP contribution >= 0.6 is 15.9 Å². The molecule has 0 aliphatic carbocycles. The average Bonchev–Trinajstić information content (AvgIpc) is 2.14. The first-order valence-electron chi connectivity index (χ1n) is 5.16. The van der Waals surface area contributed by atoms with Crippen molar-refractivity contribution in [2.45, 2.75) is 24.3 Å². The lowest BCUT2D eigenvalue weighted by molar-refractivity contribution is 0.141. The molecule has 0 heterocycles. The highest BCUT2D eigenvalue weighted by molar-refractivity contribution is 9.10. The Morgan fingerprint density at radius 2 is 2.06 bits per heavy atom. The molecule has 1 aromatic rings. The number of benzene rings is 1. The van der Waals surface area contributed by atoms with Crippen molar-refractivity contribution >= 4 is 26.0 Å². The van der Waals surface area contributed by atoms with Crippen LogP contribution in [0.15, 0.2) is 27.6 Å². The topological polar surface area (TPSA) is 55.4 Å². The molecule has 4 nitrogen and oxygen atoms in total. The second-order valence-electron chi connectivity index (χ2n) is 4.50. The Morgan fingerprint density at radius 1 is 1.44 bits per heavy atom. The van der Waals surface area contributed by atoms with Crippen molar-refractivity contribution in [3.63, 3.8) is 0 Å². The van der Waals surface area contributed by atoms with E-state index in [-0.39, 0.29) is 11.5 Å². The Bertz CT molecular complexity index is 531. The minimum absolute atomic E-state index is 0.185. The third-order valence-corrected chi connectivity index (χ3v) is 4.32. The quantitative estimate of drug-likeness (QED) is 0.895. The summed E-state index contributed by atoms with van der Waals surface area (Å²) in [5.74, 6) is -0.801. The van der Waals surface area contributed by atoms with Crippen LogP contribution in [0.3, 0.4) is 0 Å². The minimum atomic E-state index is -3.91. The number of hydrogen-bond acceptors (Lipinski definition) is 3. The molecule has 0 aliphatic rings. The summed E-state index contributed by atoms with van der Waals surface area (Å²) in [6.45, 7) is 3.50. The Labute approximate surface area is 115 Å². The molecule has 0 aliphatic heterocycles. The van der Waals surface area contributed by atoms with E-state index < -0.39 is 21.4 Å².